The number of nitro benzene ring substituents is 1. The highest BCUT2D eigenvalue weighted by atomic mass is 32.2. The van der Waals surface area contributed by atoms with E-state index in [0.29, 0.717) is 5.92 Å². The first-order chi connectivity index (χ1) is 7.77. The van der Waals surface area contributed by atoms with Gasteiger partial charge in [-0.1, -0.05) is 12.1 Å². The van der Waals surface area contributed by atoms with Crippen molar-refractivity contribution in [3.8, 4) is 0 Å². The Morgan fingerprint density at radius 2 is 2.31 bits per heavy atom. The largest absolute Gasteiger partial charge is 0.316 e. The summed E-state index contributed by atoms with van der Waals surface area (Å²) in [5.41, 5.74) is 0.221. The number of hydrogen-bond acceptors (Lipinski definition) is 4. The molecule has 1 saturated heterocycles. The lowest BCUT2D eigenvalue weighted by atomic mass is 10.2. The number of benzene rings is 1. The van der Waals surface area contributed by atoms with Gasteiger partial charge in [0.25, 0.3) is 5.69 Å². The van der Waals surface area contributed by atoms with Gasteiger partial charge in [0.05, 0.1) is 9.82 Å². The van der Waals surface area contributed by atoms with Crippen molar-refractivity contribution >= 4 is 17.4 Å². The van der Waals surface area contributed by atoms with Crippen LogP contribution in [0.1, 0.15) is 6.42 Å². The number of rotatable bonds is 4. The molecule has 16 heavy (non-hydrogen) atoms. The van der Waals surface area contributed by atoms with E-state index in [1.165, 1.54) is 6.42 Å². The molecule has 2 rings (SSSR count). The highest BCUT2D eigenvalue weighted by Gasteiger charge is 2.18. The van der Waals surface area contributed by atoms with Gasteiger partial charge >= 0.3 is 0 Å². The second kappa shape index (κ2) is 5.32. The number of thioether (sulfide) groups is 1. The maximum atomic E-state index is 10.8. The number of para-hydroxylation sites is 1. The Hall–Kier alpha value is -1.07. The molecule has 86 valence electrons. The molecule has 1 fully saturated rings. The molecule has 1 unspecified atom stereocenters. The maximum absolute atomic E-state index is 10.8. The van der Waals surface area contributed by atoms with Gasteiger partial charge in [-0.25, -0.2) is 0 Å². The van der Waals surface area contributed by atoms with Crippen LogP contribution >= 0.6 is 11.8 Å². The Bertz CT molecular complexity index is 378. The minimum atomic E-state index is -0.310. The monoisotopic (exact) mass is 238 g/mol. The number of nitrogens with zero attached hydrogens (tertiary/aromatic N) is 1. The van der Waals surface area contributed by atoms with Crippen LogP contribution < -0.4 is 5.32 Å². The van der Waals surface area contributed by atoms with Crippen LogP contribution in [0.25, 0.3) is 0 Å². The summed E-state index contributed by atoms with van der Waals surface area (Å²) < 4.78 is 0. The molecule has 0 bridgehead atoms. The molecule has 1 atom stereocenters. The van der Waals surface area contributed by atoms with Crippen molar-refractivity contribution in [2.45, 2.75) is 11.3 Å². The van der Waals surface area contributed by atoms with Gasteiger partial charge in [0.2, 0.25) is 0 Å². The minimum absolute atomic E-state index is 0.221. The fourth-order valence-electron chi connectivity index (χ4n) is 1.79. The van der Waals surface area contributed by atoms with Crippen LogP contribution in [0, 0.1) is 16.0 Å². The maximum Gasteiger partial charge on any atom is 0.282 e. The van der Waals surface area contributed by atoms with Crippen molar-refractivity contribution in [1.82, 2.24) is 5.32 Å². The Kier molecular flexibility index (Phi) is 3.79. The Labute approximate surface area is 98.6 Å². The molecule has 1 heterocycles. The standard InChI is InChI=1S/C11H14N2O2S/c14-13(15)10-3-1-2-4-11(10)16-8-9-5-6-12-7-9/h1-4,9,12H,5-8H2. The fraction of sp³-hybridized carbons (Fsp3) is 0.455. The first-order valence-electron chi connectivity index (χ1n) is 5.34. The lowest BCUT2D eigenvalue weighted by Gasteiger charge is -2.07. The molecule has 0 aliphatic carbocycles. The van der Waals surface area contributed by atoms with Gasteiger partial charge in [-0.3, -0.25) is 10.1 Å². The second-order valence-electron chi connectivity index (χ2n) is 3.89. The van der Waals surface area contributed by atoms with E-state index in [2.05, 4.69) is 5.32 Å². The predicted octanol–water partition coefficient (Wildman–Crippen LogP) is 2.30. The van der Waals surface area contributed by atoms with E-state index in [1.807, 2.05) is 12.1 Å². The smallest absolute Gasteiger partial charge is 0.282 e. The van der Waals surface area contributed by atoms with Gasteiger partial charge in [-0.2, -0.15) is 0 Å². The molecular formula is C11H14N2O2S. The fourth-order valence-corrected chi connectivity index (χ4v) is 2.96. The number of nitrogens with one attached hydrogen (secondary N) is 1. The highest BCUT2D eigenvalue weighted by molar-refractivity contribution is 7.99. The summed E-state index contributed by atoms with van der Waals surface area (Å²) in [5, 5.41) is 14.1. The lowest BCUT2D eigenvalue weighted by molar-refractivity contribution is -0.387. The van der Waals surface area contributed by atoms with Crippen molar-refractivity contribution in [2.24, 2.45) is 5.92 Å². The van der Waals surface area contributed by atoms with Crippen LogP contribution in [-0.2, 0) is 0 Å². The lowest BCUT2D eigenvalue weighted by Crippen LogP contribution is -2.10. The van der Waals surface area contributed by atoms with E-state index in [-0.39, 0.29) is 10.6 Å². The zero-order valence-corrected chi connectivity index (χ0v) is 9.70. The number of hydrogen-bond donors (Lipinski definition) is 1. The van der Waals surface area contributed by atoms with Crippen molar-refractivity contribution in [3.63, 3.8) is 0 Å². The van der Waals surface area contributed by atoms with E-state index in [1.54, 1.807) is 23.9 Å². The third kappa shape index (κ3) is 2.74. The molecule has 0 radical (unpaired) electrons. The second-order valence-corrected chi connectivity index (χ2v) is 4.96. The number of nitro groups is 1. The van der Waals surface area contributed by atoms with Gasteiger partial charge in [-0.05, 0) is 31.5 Å². The van der Waals surface area contributed by atoms with Gasteiger partial charge in [0, 0.05) is 11.8 Å². The van der Waals surface area contributed by atoms with E-state index < -0.39 is 0 Å². The summed E-state index contributed by atoms with van der Waals surface area (Å²) in [5.74, 6) is 1.60. The van der Waals surface area contributed by atoms with Crippen LogP contribution in [0.3, 0.4) is 0 Å². The SMILES string of the molecule is O=[N+]([O-])c1ccccc1SCC1CCNC1. The molecule has 0 aromatic heterocycles. The summed E-state index contributed by atoms with van der Waals surface area (Å²) in [7, 11) is 0. The molecular weight excluding hydrogens is 224 g/mol. The average Bonchev–Trinajstić information content (AvgIpc) is 2.79. The molecule has 1 aliphatic heterocycles. The molecule has 4 nitrogen and oxygen atoms in total. The van der Waals surface area contributed by atoms with Crippen molar-refractivity contribution in [2.75, 3.05) is 18.8 Å². The molecule has 1 N–H and O–H groups in total. The van der Waals surface area contributed by atoms with E-state index in [4.69, 9.17) is 0 Å². The van der Waals surface area contributed by atoms with Crippen molar-refractivity contribution < 1.29 is 4.92 Å². The van der Waals surface area contributed by atoms with Crippen molar-refractivity contribution in [3.05, 3.63) is 34.4 Å². The van der Waals surface area contributed by atoms with E-state index in [9.17, 15) is 10.1 Å². The summed E-state index contributed by atoms with van der Waals surface area (Å²) >= 11 is 1.59. The third-order valence-corrected chi connectivity index (χ3v) is 3.99. The van der Waals surface area contributed by atoms with E-state index >= 15 is 0 Å². The summed E-state index contributed by atoms with van der Waals surface area (Å²) in [6.45, 7) is 2.11. The predicted molar refractivity (Wildman–Crippen MR) is 64.8 cm³/mol. The first-order valence-corrected chi connectivity index (χ1v) is 6.33. The van der Waals surface area contributed by atoms with Gasteiger partial charge in [-0.15, -0.1) is 11.8 Å². The molecule has 5 heteroatoms. The Morgan fingerprint density at radius 3 is 3.00 bits per heavy atom. The molecule has 1 aromatic rings. The van der Waals surface area contributed by atoms with Gasteiger partial charge < -0.3 is 5.32 Å². The molecule has 0 amide bonds. The minimum Gasteiger partial charge on any atom is -0.316 e. The van der Waals surface area contributed by atoms with Gasteiger partial charge in [0.1, 0.15) is 0 Å². The van der Waals surface area contributed by atoms with Crippen molar-refractivity contribution in [1.29, 1.82) is 0 Å². The first kappa shape index (κ1) is 11.4. The van der Waals surface area contributed by atoms with Crippen LogP contribution in [0.2, 0.25) is 0 Å². The molecule has 1 aliphatic rings. The molecule has 0 spiro atoms. The van der Waals surface area contributed by atoms with Crippen LogP contribution in [0.5, 0.6) is 0 Å². The Morgan fingerprint density at radius 1 is 1.50 bits per heavy atom. The summed E-state index contributed by atoms with van der Waals surface area (Å²) in [4.78, 5) is 11.3. The zero-order valence-electron chi connectivity index (χ0n) is 8.89. The van der Waals surface area contributed by atoms with Gasteiger partial charge in [0.15, 0.2) is 0 Å². The van der Waals surface area contributed by atoms with Crippen LogP contribution in [-0.4, -0.2) is 23.8 Å². The van der Waals surface area contributed by atoms with Crippen LogP contribution in [0.15, 0.2) is 29.2 Å². The topological polar surface area (TPSA) is 55.2 Å². The molecule has 0 saturated carbocycles. The normalized spacial score (nSPS) is 19.9. The average molecular weight is 238 g/mol. The highest BCUT2D eigenvalue weighted by Crippen LogP contribution is 2.30. The Balaban J connectivity index is 2.00. The molecule has 1 aromatic carbocycles. The third-order valence-electron chi connectivity index (χ3n) is 2.70. The van der Waals surface area contributed by atoms with Crippen LogP contribution in [0.4, 0.5) is 5.69 Å². The quantitative estimate of drug-likeness (QED) is 0.497. The summed E-state index contributed by atoms with van der Waals surface area (Å²) in [6.07, 6.45) is 1.17. The summed E-state index contributed by atoms with van der Waals surface area (Å²) in [6, 6.07) is 6.95. The van der Waals surface area contributed by atoms with E-state index in [0.717, 1.165) is 23.7 Å². The zero-order chi connectivity index (χ0) is 11.4.